The fraction of sp³-hybridized carbons (Fsp3) is 0.653. The van der Waals surface area contributed by atoms with E-state index >= 15 is 0 Å². The Hall–Kier alpha value is -8.80. The summed E-state index contributed by atoms with van der Waals surface area (Å²) in [5.74, 6) is -5.00. The number of ketones is 10. The van der Waals surface area contributed by atoms with E-state index in [2.05, 4.69) is 49.9 Å². The van der Waals surface area contributed by atoms with Crippen molar-refractivity contribution in [2.75, 3.05) is 114 Å². The van der Waals surface area contributed by atoms with Gasteiger partial charge in [-0.3, -0.25) is 86.1 Å². The Bertz CT molecular complexity index is 3060. The molecule has 0 aromatic heterocycles. The van der Waals surface area contributed by atoms with Crippen LogP contribution in [0.25, 0.3) is 0 Å². The Balaban J connectivity index is -0.000000101. The van der Waals surface area contributed by atoms with Crippen LogP contribution in [-0.4, -0.2) is 262 Å². The third-order valence-corrected chi connectivity index (χ3v) is 12.3. The van der Waals surface area contributed by atoms with Crippen LogP contribution >= 0.6 is 14.9 Å². The summed E-state index contributed by atoms with van der Waals surface area (Å²) in [5.41, 5.74) is 1.64. The molecule has 6 N–H and O–H groups in total. The number of alkyl carbamates (subject to hydrolysis) is 1. The van der Waals surface area contributed by atoms with Gasteiger partial charge >= 0.3 is 55.5 Å². The van der Waals surface area contributed by atoms with Crippen molar-refractivity contribution in [2.45, 2.75) is 217 Å². The van der Waals surface area contributed by atoms with E-state index in [1.807, 2.05) is 59.7 Å². The van der Waals surface area contributed by atoms with Gasteiger partial charge in [0, 0.05) is 113 Å². The maximum Gasteiger partial charge on any atom is 0.408 e. The van der Waals surface area contributed by atoms with Gasteiger partial charge in [0.15, 0.2) is 34.7 Å². The van der Waals surface area contributed by atoms with Crippen molar-refractivity contribution in [1.82, 2.24) is 15.5 Å². The smallest absolute Gasteiger partial charge is 0.408 e. The van der Waals surface area contributed by atoms with Gasteiger partial charge in [0.05, 0.1) is 52.9 Å². The number of aliphatic carboxylic acids is 1. The van der Waals surface area contributed by atoms with Crippen molar-refractivity contribution in [3.63, 3.8) is 0 Å². The van der Waals surface area contributed by atoms with E-state index < -0.39 is 50.0 Å². The molecule has 39 heteroatoms. The molecule has 1 aromatic carbocycles. The zero-order valence-corrected chi connectivity index (χ0v) is 73.5. The number of Topliss-reactive ketones (excluding diaryl/α,β-unsaturated/α-hetero) is 10. The van der Waals surface area contributed by atoms with Crippen LogP contribution in [0.2, 0.25) is 0 Å². The van der Waals surface area contributed by atoms with Gasteiger partial charge in [-0.25, -0.2) is 4.79 Å². The van der Waals surface area contributed by atoms with Gasteiger partial charge in [-0.1, -0.05) is 46.8 Å². The number of hydrogen-bond acceptors (Lipinski definition) is 33. The minimum atomic E-state index is -3.42. The SMILES string of the molecule is C.C=P(O)(O)c1cc(C)cc(C)c1C(C)(C)COC(C)=O.CC(=O)C(C)=O.CC(=O)C(C)=O.CC(=O)CNC(=O)OC(C)(C)C.CC(=O)COC(C)=O.CC(=O)NCC(=O)O.CC(=O)OCCN(C)C.CC(=O)OCCOP(C)(=O)O.CCC(=O)CC(C)=O.CCCOC(C)=O.COC(=O)CCC(C)=O.COCCOCC(C)=O. The number of carbonyl (C=O) groups is 19. The molecule has 1 unspecified atom stereocenters. The fourth-order valence-corrected chi connectivity index (χ4v) is 7.19. The van der Waals surface area contributed by atoms with Crippen LogP contribution in [0.3, 0.4) is 0 Å². The number of benzene rings is 1. The largest absolute Gasteiger partial charge is 0.480 e. The van der Waals surface area contributed by atoms with Gasteiger partial charge < -0.3 is 87.3 Å². The van der Waals surface area contributed by atoms with E-state index in [0.717, 1.165) is 36.3 Å². The number of methoxy groups -OCH3 is 2. The van der Waals surface area contributed by atoms with Gasteiger partial charge in [-0.05, 0) is 113 Å². The van der Waals surface area contributed by atoms with Gasteiger partial charge in [-0.15, -0.1) is 0 Å². The molecule has 1 aromatic rings. The second kappa shape index (κ2) is 79.4. The van der Waals surface area contributed by atoms with Crippen molar-refractivity contribution >= 4 is 138 Å². The molecule has 114 heavy (non-hydrogen) atoms. The molecule has 664 valence electrons. The molecule has 0 spiro atoms. The number of nitrogens with one attached hydrogen (secondary N) is 2. The Labute approximate surface area is 673 Å². The van der Waals surface area contributed by atoms with Gasteiger partial charge in [0.2, 0.25) is 5.91 Å². The highest BCUT2D eigenvalue weighted by Crippen LogP contribution is 2.40. The van der Waals surface area contributed by atoms with E-state index in [0.29, 0.717) is 38.2 Å². The predicted molar refractivity (Wildman–Crippen MR) is 428 cm³/mol. The van der Waals surface area contributed by atoms with Crippen LogP contribution in [0.15, 0.2) is 12.1 Å². The van der Waals surface area contributed by atoms with Crippen LogP contribution in [0.4, 0.5) is 4.79 Å². The number of carboxylic acid groups (broad SMARTS) is 1. The first kappa shape index (κ1) is 131. The van der Waals surface area contributed by atoms with E-state index in [1.54, 1.807) is 40.9 Å². The maximum atomic E-state index is 11.0. The Morgan fingerprint density at radius 3 is 1.23 bits per heavy atom. The summed E-state index contributed by atoms with van der Waals surface area (Å²) in [6.45, 7) is 40.7. The molecule has 0 radical (unpaired) electrons. The molecule has 0 heterocycles. The maximum absolute atomic E-state index is 11.0. The van der Waals surface area contributed by atoms with Crippen molar-refractivity contribution in [1.29, 1.82) is 0 Å². The lowest BCUT2D eigenvalue weighted by molar-refractivity contribution is -0.145. The molecule has 0 aliphatic heterocycles. The first-order valence-electron chi connectivity index (χ1n) is 34.4. The molecule has 2 amide bonds. The molecule has 1 rings (SSSR count). The summed E-state index contributed by atoms with van der Waals surface area (Å²) in [5, 5.41) is 12.8. The van der Waals surface area contributed by atoms with E-state index in [1.165, 1.54) is 111 Å². The summed E-state index contributed by atoms with van der Waals surface area (Å²) in [6, 6.07) is 3.72. The molecule has 0 aliphatic rings. The normalized spacial score (nSPS) is 10.1. The molecule has 0 saturated carbocycles. The number of hydrogen-bond donors (Lipinski definition) is 6. The number of amides is 2. The summed E-state index contributed by atoms with van der Waals surface area (Å²) in [6.07, 6.45) is 4.92. The number of ether oxygens (including phenoxy) is 9. The van der Waals surface area contributed by atoms with E-state index in [9.17, 15) is 105 Å². The third-order valence-electron chi connectivity index (χ3n) is 10.6. The van der Waals surface area contributed by atoms with Crippen LogP contribution in [0.1, 0.15) is 209 Å². The summed E-state index contributed by atoms with van der Waals surface area (Å²) < 4.78 is 56.7. The number of likely N-dealkylation sites (N-methyl/N-ethyl adjacent to an activating group) is 1. The molecule has 0 aliphatic carbocycles. The molecule has 37 nitrogen and oxygen atoms in total. The van der Waals surface area contributed by atoms with Gasteiger partial charge in [0.25, 0.3) is 0 Å². The third kappa shape index (κ3) is 132. The van der Waals surface area contributed by atoms with E-state index in [4.69, 9.17) is 24.2 Å². The number of esters is 6. The highest BCUT2D eigenvalue weighted by Gasteiger charge is 2.31. The van der Waals surface area contributed by atoms with Crippen molar-refractivity contribution < 1.29 is 163 Å². The quantitative estimate of drug-likeness (QED) is 0.0110. The zero-order valence-electron chi connectivity index (χ0n) is 71.8. The minimum absolute atomic E-state index is 0. The standard InChI is InChI=1S/C15H23O4P.C8H15NO3.C6H13NO2.C6H12O3.C6H10O3.C6H10O2.C5H11O5P.C5H8O3.C5H10O2.C4H7NO3.2C4H6O2.CH4/c1-10-7-11(2)14(13(8-10)20(6,17)18)15(4,5)9-19-12(3)16;1-6(10)5-9-7(11)12-8(2,3)4;1-6(8)9-5-4-7(2)3;1-6(7)5-9-4-3-8-2;1-5(7)3-4-6(8)9-2;1-3-6(8)4-5(2)7;1-5(6)9-3-4-10-11(2,7)8;1-4(6)3-8-5(2)7;1-3-4-7-5(2)6;1-3(6)5-2-4(7)8;2*1-3(5)4(2)6;/h7-8,17-18H,6,9H2,1-5H3;5H2,1-4H3,(H,9,11);4-5H2,1-3H3;3-5H2,1-2H3;3-4H2,1-2H3;3-4H2,1-2H3;3-4H2,1-2H3,(H,7,8);3H2,1-2H3;3-4H2,1-2H3;2H2,1H3,(H,5,6)(H,7,8);2*1-2H3;1H4. The zero-order chi connectivity index (χ0) is 91.8. The summed E-state index contributed by atoms with van der Waals surface area (Å²) in [7, 11) is -0.0404. The average molecular weight is 1680 g/mol. The number of rotatable bonds is 32. The average Bonchev–Trinajstić information content (AvgIpc) is 0.773. The topological polar surface area (TPSA) is 542 Å². The van der Waals surface area contributed by atoms with Crippen LogP contribution in [0, 0.1) is 13.8 Å². The first-order valence-corrected chi connectivity index (χ1v) is 38.3. The lowest BCUT2D eigenvalue weighted by atomic mass is 9.82. The number of nitrogens with zero attached hydrogens (tertiary/aromatic N) is 1. The highest BCUT2D eigenvalue weighted by molar-refractivity contribution is 7.70. The van der Waals surface area contributed by atoms with Crippen LogP contribution in [-0.2, 0) is 143 Å². The van der Waals surface area contributed by atoms with Crippen molar-refractivity contribution in [3.8, 4) is 0 Å². The summed E-state index contributed by atoms with van der Waals surface area (Å²) in [4.78, 5) is 224. The Morgan fingerprint density at radius 2 is 0.956 bits per heavy atom. The number of carboxylic acids is 1. The lowest BCUT2D eigenvalue weighted by Gasteiger charge is -2.31. The molecule has 0 saturated heterocycles. The van der Waals surface area contributed by atoms with Crippen LogP contribution < -0.4 is 15.9 Å². The minimum Gasteiger partial charge on any atom is -0.480 e. The Kier molecular flexibility index (Phi) is 91.6. The van der Waals surface area contributed by atoms with Gasteiger partial charge in [-0.2, -0.15) is 0 Å². The second-order valence-electron chi connectivity index (χ2n) is 25.2. The fourth-order valence-electron chi connectivity index (χ4n) is 5.53. The lowest BCUT2D eigenvalue weighted by Crippen LogP contribution is -2.34. The van der Waals surface area contributed by atoms with Gasteiger partial charge in [0.1, 0.15) is 75.7 Å². The molecule has 1 atom stereocenters. The monoisotopic (exact) mass is 1680 g/mol. The molecule has 0 bridgehead atoms. The molecular formula is C75H135N3O34P2. The summed E-state index contributed by atoms with van der Waals surface area (Å²) >= 11 is 0. The second-order valence-corrected chi connectivity index (χ2v) is 29.0. The molecule has 0 fully saturated rings. The van der Waals surface area contributed by atoms with Crippen molar-refractivity contribution in [3.05, 3.63) is 28.8 Å². The number of carbonyl (C=O) groups excluding carboxylic acids is 18. The van der Waals surface area contributed by atoms with Crippen molar-refractivity contribution in [2.24, 2.45) is 0 Å². The number of aryl methyl sites for hydroxylation is 2. The van der Waals surface area contributed by atoms with Crippen LogP contribution in [0.5, 0.6) is 0 Å². The predicted octanol–water partition coefficient (Wildman–Crippen LogP) is 6.61. The van der Waals surface area contributed by atoms with E-state index in [-0.39, 0.29) is 160 Å². The Morgan fingerprint density at radius 1 is 0.526 bits per heavy atom. The first-order chi connectivity index (χ1) is 51.2. The highest BCUT2D eigenvalue weighted by atomic mass is 31.2. The molecular weight excluding hydrogens is 1550 g/mol.